The maximum Gasteiger partial charge on any atom is 0.332 e. The summed E-state index contributed by atoms with van der Waals surface area (Å²) in [5, 5.41) is 0. The first-order valence-corrected chi connectivity index (χ1v) is 6.33. The van der Waals surface area contributed by atoms with Crippen LogP contribution in [-0.4, -0.2) is 38.0 Å². The zero-order chi connectivity index (χ0) is 13.1. The molecule has 0 aliphatic carbocycles. The average Bonchev–Trinajstić information content (AvgIpc) is 2.19. The van der Waals surface area contributed by atoms with Crippen molar-refractivity contribution in [3.05, 3.63) is 0 Å². The van der Waals surface area contributed by atoms with Crippen molar-refractivity contribution in [3.63, 3.8) is 0 Å². The van der Waals surface area contributed by atoms with E-state index in [2.05, 4.69) is 0 Å². The molecule has 0 saturated carbocycles. The minimum atomic E-state index is -0.433. The lowest BCUT2D eigenvalue weighted by Crippen LogP contribution is -2.26. The van der Waals surface area contributed by atoms with E-state index in [1.165, 1.54) is 0 Å². The topological polar surface area (TPSA) is 44.8 Å². The van der Waals surface area contributed by atoms with E-state index in [4.69, 9.17) is 14.2 Å². The Balaban J connectivity index is 3.25. The molecule has 102 valence electrons. The molecule has 0 unspecified atom stereocenters. The van der Waals surface area contributed by atoms with Crippen molar-refractivity contribution in [3.8, 4) is 0 Å². The van der Waals surface area contributed by atoms with Crippen LogP contribution in [0.4, 0.5) is 0 Å². The number of unbranched alkanes of at least 4 members (excludes halogenated alkanes) is 2. The van der Waals surface area contributed by atoms with Gasteiger partial charge in [-0.15, -0.1) is 0 Å². The molecule has 0 rings (SSSR count). The van der Waals surface area contributed by atoms with Crippen LogP contribution in [0, 0.1) is 0 Å². The summed E-state index contributed by atoms with van der Waals surface area (Å²) in [6.07, 6.45) is 3.06. The minimum Gasteiger partial charge on any atom is -0.458 e. The van der Waals surface area contributed by atoms with E-state index in [1.807, 2.05) is 27.7 Å². The lowest BCUT2D eigenvalue weighted by molar-refractivity contribution is -0.160. The minimum absolute atomic E-state index is 0.0444. The summed E-state index contributed by atoms with van der Waals surface area (Å²) in [5.74, 6) is -0.299. The fraction of sp³-hybridized carbons (Fsp3) is 0.923. The van der Waals surface area contributed by atoms with Gasteiger partial charge in [0.1, 0.15) is 12.2 Å². The summed E-state index contributed by atoms with van der Waals surface area (Å²) >= 11 is 0. The average molecular weight is 246 g/mol. The van der Waals surface area contributed by atoms with Gasteiger partial charge in [0.15, 0.2) is 0 Å². The third-order valence-corrected chi connectivity index (χ3v) is 1.92. The Labute approximate surface area is 105 Å². The van der Waals surface area contributed by atoms with Crippen molar-refractivity contribution in [2.45, 2.75) is 52.6 Å². The Morgan fingerprint density at radius 2 is 1.59 bits per heavy atom. The summed E-state index contributed by atoms with van der Waals surface area (Å²) in [4.78, 5) is 11.3. The highest BCUT2D eigenvalue weighted by Crippen LogP contribution is 2.06. The van der Waals surface area contributed by atoms with Gasteiger partial charge in [0.2, 0.25) is 0 Å². The van der Waals surface area contributed by atoms with Crippen LogP contribution in [0.25, 0.3) is 0 Å². The lowest BCUT2D eigenvalue weighted by Gasteiger charge is -2.19. The Hall–Kier alpha value is -0.610. The van der Waals surface area contributed by atoms with Crippen LogP contribution in [0.2, 0.25) is 0 Å². The maximum atomic E-state index is 11.3. The van der Waals surface area contributed by atoms with Gasteiger partial charge in [0, 0.05) is 19.8 Å². The van der Waals surface area contributed by atoms with Gasteiger partial charge in [-0.05, 0) is 47.0 Å². The Bertz CT molecular complexity index is 196. The Kier molecular flexibility index (Phi) is 9.09. The van der Waals surface area contributed by atoms with E-state index >= 15 is 0 Å². The maximum absolute atomic E-state index is 11.3. The number of carbonyl (C=O) groups is 1. The number of carbonyl (C=O) groups excluding carboxylic acids is 1. The smallest absolute Gasteiger partial charge is 0.332 e. The quantitative estimate of drug-likeness (QED) is 0.463. The fourth-order valence-corrected chi connectivity index (χ4v) is 1.26. The van der Waals surface area contributed by atoms with Crippen LogP contribution >= 0.6 is 0 Å². The van der Waals surface area contributed by atoms with Gasteiger partial charge in [-0.1, -0.05) is 0 Å². The molecule has 0 aliphatic rings. The Morgan fingerprint density at radius 3 is 2.12 bits per heavy atom. The van der Waals surface area contributed by atoms with E-state index < -0.39 is 5.60 Å². The molecular formula is C13H26O4. The van der Waals surface area contributed by atoms with Crippen LogP contribution in [0.3, 0.4) is 0 Å². The molecule has 0 aliphatic heterocycles. The molecule has 0 aromatic rings. The molecule has 0 radical (unpaired) electrons. The molecule has 0 fully saturated rings. The van der Waals surface area contributed by atoms with Gasteiger partial charge in [0.25, 0.3) is 0 Å². The standard InChI is InChI=1S/C13H26O4/c1-5-15-9-7-6-8-10-16-11-12(14)17-13(2,3)4/h5-11H2,1-4H3. The number of hydrogen-bond acceptors (Lipinski definition) is 4. The summed E-state index contributed by atoms with van der Waals surface area (Å²) < 4.78 is 15.6. The van der Waals surface area contributed by atoms with Crippen molar-refractivity contribution in [2.24, 2.45) is 0 Å². The van der Waals surface area contributed by atoms with Gasteiger partial charge < -0.3 is 14.2 Å². The molecule has 0 heterocycles. The molecule has 0 N–H and O–H groups in total. The molecule has 0 atom stereocenters. The normalized spacial score (nSPS) is 11.5. The molecule has 0 aromatic carbocycles. The SMILES string of the molecule is CCOCCCCCOCC(=O)OC(C)(C)C. The molecular weight excluding hydrogens is 220 g/mol. The van der Waals surface area contributed by atoms with Gasteiger partial charge in [-0.3, -0.25) is 0 Å². The predicted molar refractivity (Wildman–Crippen MR) is 67.0 cm³/mol. The number of ether oxygens (including phenoxy) is 3. The highest BCUT2D eigenvalue weighted by Gasteiger charge is 2.15. The third kappa shape index (κ3) is 13.3. The van der Waals surface area contributed by atoms with E-state index in [-0.39, 0.29) is 12.6 Å². The molecule has 0 bridgehead atoms. The first kappa shape index (κ1) is 16.4. The molecule has 0 saturated heterocycles. The zero-order valence-electron chi connectivity index (χ0n) is 11.6. The van der Waals surface area contributed by atoms with E-state index in [0.29, 0.717) is 6.61 Å². The molecule has 4 heteroatoms. The highest BCUT2D eigenvalue weighted by molar-refractivity contribution is 5.71. The molecule has 4 nitrogen and oxygen atoms in total. The monoisotopic (exact) mass is 246 g/mol. The van der Waals surface area contributed by atoms with Crippen LogP contribution < -0.4 is 0 Å². The number of esters is 1. The Morgan fingerprint density at radius 1 is 1.00 bits per heavy atom. The third-order valence-electron chi connectivity index (χ3n) is 1.92. The van der Waals surface area contributed by atoms with Gasteiger partial charge in [-0.2, -0.15) is 0 Å². The predicted octanol–water partition coefficient (Wildman–Crippen LogP) is 2.55. The number of hydrogen-bond donors (Lipinski definition) is 0. The fourth-order valence-electron chi connectivity index (χ4n) is 1.26. The first-order chi connectivity index (χ1) is 7.95. The van der Waals surface area contributed by atoms with Crippen molar-refractivity contribution in [1.29, 1.82) is 0 Å². The summed E-state index contributed by atoms with van der Waals surface area (Å²) in [5.41, 5.74) is -0.433. The van der Waals surface area contributed by atoms with E-state index in [9.17, 15) is 4.79 Å². The second kappa shape index (κ2) is 9.42. The summed E-state index contributed by atoms with van der Waals surface area (Å²) in [6.45, 7) is 9.76. The molecule has 0 amide bonds. The van der Waals surface area contributed by atoms with Gasteiger partial charge in [0.05, 0.1) is 0 Å². The second-order valence-corrected chi connectivity index (χ2v) is 4.90. The van der Waals surface area contributed by atoms with Crippen molar-refractivity contribution in [2.75, 3.05) is 26.4 Å². The van der Waals surface area contributed by atoms with Crippen molar-refractivity contribution >= 4 is 5.97 Å². The van der Waals surface area contributed by atoms with E-state index in [0.717, 1.165) is 32.5 Å². The zero-order valence-corrected chi connectivity index (χ0v) is 11.6. The van der Waals surface area contributed by atoms with Crippen molar-refractivity contribution in [1.82, 2.24) is 0 Å². The van der Waals surface area contributed by atoms with Gasteiger partial charge in [-0.25, -0.2) is 4.79 Å². The van der Waals surface area contributed by atoms with Crippen LogP contribution in [0.1, 0.15) is 47.0 Å². The van der Waals surface area contributed by atoms with Crippen molar-refractivity contribution < 1.29 is 19.0 Å². The van der Waals surface area contributed by atoms with Crippen LogP contribution in [0.5, 0.6) is 0 Å². The van der Waals surface area contributed by atoms with Crippen LogP contribution in [-0.2, 0) is 19.0 Å². The largest absolute Gasteiger partial charge is 0.458 e. The summed E-state index contributed by atoms with van der Waals surface area (Å²) in [6, 6.07) is 0. The van der Waals surface area contributed by atoms with E-state index in [1.54, 1.807) is 0 Å². The van der Waals surface area contributed by atoms with Gasteiger partial charge >= 0.3 is 5.97 Å². The second-order valence-electron chi connectivity index (χ2n) is 4.90. The molecule has 0 spiro atoms. The lowest BCUT2D eigenvalue weighted by atomic mass is 10.2. The molecule has 0 aromatic heterocycles. The number of rotatable bonds is 9. The summed E-state index contributed by atoms with van der Waals surface area (Å²) in [7, 11) is 0. The highest BCUT2D eigenvalue weighted by atomic mass is 16.6. The first-order valence-electron chi connectivity index (χ1n) is 6.33. The molecule has 17 heavy (non-hydrogen) atoms. The van der Waals surface area contributed by atoms with Crippen LogP contribution in [0.15, 0.2) is 0 Å².